The first-order valence-electron chi connectivity index (χ1n) is 11.2. The number of nitrogens with zero attached hydrogens (tertiary/aromatic N) is 1. The predicted octanol–water partition coefficient (Wildman–Crippen LogP) is 6.01. The molecule has 0 bridgehead atoms. The first-order chi connectivity index (χ1) is 13.4. The van der Waals surface area contributed by atoms with Crippen molar-refractivity contribution >= 4 is 0 Å². The van der Waals surface area contributed by atoms with Crippen molar-refractivity contribution in [1.29, 1.82) is 0 Å². The molecule has 1 aromatic heterocycles. The molecular weight excluding hydrogens is 340 g/mol. The zero-order valence-electron chi connectivity index (χ0n) is 18.1. The fraction of sp³-hybridized carbons (Fsp3) is 0.577. The van der Waals surface area contributed by atoms with Gasteiger partial charge in [0, 0.05) is 25.5 Å². The number of hydrogen-bond acceptors (Lipinski definition) is 2. The van der Waals surface area contributed by atoms with E-state index in [1.54, 1.807) is 11.1 Å². The van der Waals surface area contributed by atoms with E-state index >= 15 is 0 Å². The smallest absolute Gasteiger partial charge is 0.0312 e. The Morgan fingerprint density at radius 2 is 2.04 bits per heavy atom. The van der Waals surface area contributed by atoms with E-state index in [4.69, 9.17) is 0 Å². The second-order valence-electron chi connectivity index (χ2n) is 10.1. The summed E-state index contributed by atoms with van der Waals surface area (Å²) in [7, 11) is 0. The van der Waals surface area contributed by atoms with E-state index in [2.05, 4.69) is 62.3 Å². The molecular formula is C26H36N2. The number of nitrogens with one attached hydrogen (secondary N) is 1. The van der Waals surface area contributed by atoms with Crippen molar-refractivity contribution in [3.05, 3.63) is 65.0 Å². The lowest BCUT2D eigenvalue weighted by Gasteiger charge is -2.55. The third kappa shape index (κ3) is 3.52. The van der Waals surface area contributed by atoms with Crippen LogP contribution in [0.5, 0.6) is 0 Å². The number of rotatable bonds is 5. The summed E-state index contributed by atoms with van der Waals surface area (Å²) >= 11 is 0. The van der Waals surface area contributed by atoms with Gasteiger partial charge >= 0.3 is 0 Å². The first-order valence-corrected chi connectivity index (χ1v) is 11.2. The molecule has 0 aliphatic heterocycles. The molecule has 1 aromatic carbocycles. The van der Waals surface area contributed by atoms with E-state index in [1.165, 1.54) is 43.2 Å². The van der Waals surface area contributed by atoms with Crippen LogP contribution < -0.4 is 5.32 Å². The Morgan fingerprint density at radius 3 is 2.79 bits per heavy atom. The van der Waals surface area contributed by atoms with Crippen LogP contribution in [0.25, 0.3) is 0 Å². The van der Waals surface area contributed by atoms with Gasteiger partial charge in [-0.15, -0.1) is 0 Å². The molecule has 1 N–H and O–H groups in total. The minimum Gasteiger partial charge on any atom is -0.312 e. The Labute approximate surface area is 171 Å². The van der Waals surface area contributed by atoms with Crippen LogP contribution in [0.4, 0.5) is 0 Å². The average molecular weight is 377 g/mol. The minimum absolute atomic E-state index is 0.325. The van der Waals surface area contributed by atoms with Gasteiger partial charge in [-0.2, -0.15) is 0 Å². The molecule has 2 aromatic rings. The fourth-order valence-electron chi connectivity index (χ4n) is 6.21. The summed E-state index contributed by atoms with van der Waals surface area (Å²) in [5.74, 6) is 1.37. The Kier molecular flexibility index (Phi) is 5.35. The topological polar surface area (TPSA) is 24.9 Å². The number of fused-ring (bicyclic) bond motifs is 3. The molecule has 0 saturated heterocycles. The Bertz CT molecular complexity index is 812. The number of pyridine rings is 1. The van der Waals surface area contributed by atoms with Gasteiger partial charge in [0.1, 0.15) is 0 Å². The Hall–Kier alpha value is -1.67. The molecule has 0 radical (unpaired) electrons. The average Bonchev–Trinajstić information content (AvgIpc) is 2.68. The van der Waals surface area contributed by atoms with Gasteiger partial charge in [0.05, 0.1) is 0 Å². The first kappa shape index (κ1) is 19.6. The lowest BCUT2D eigenvalue weighted by Crippen LogP contribution is -2.52. The standard InChI is InChI=1S/C26H36N2/c1-19(2)21-8-10-23-22(15-21)9-11-24-25(3,12-6-13-26(23,24)4)18-28-17-20-7-5-14-27-16-20/h5,7-8,10,14-16,19,24,28H,6,9,11-13,17-18H2,1-4H3/t24-,25-,26+/m0/s1. The second kappa shape index (κ2) is 7.63. The largest absolute Gasteiger partial charge is 0.312 e. The summed E-state index contributed by atoms with van der Waals surface area (Å²) in [5, 5.41) is 3.77. The van der Waals surface area contributed by atoms with Crippen molar-refractivity contribution in [2.24, 2.45) is 11.3 Å². The third-order valence-corrected chi connectivity index (χ3v) is 7.75. The molecule has 0 unspecified atom stereocenters. The van der Waals surface area contributed by atoms with Crippen molar-refractivity contribution < 1.29 is 0 Å². The molecule has 1 heterocycles. The highest BCUT2D eigenvalue weighted by molar-refractivity contribution is 5.42. The molecule has 0 amide bonds. The number of hydrogen-bond donors (Lipinski definition) is 1. The summed E-state index contributed by atoms with van der Waals surface area (Å²) in [6.07, 6.45) is 10.4. The monoisotopic (exact) mass is 376 g/mol. The maximum absolute atomic E-state index is 4.25. The van der Waals surface area contributed by atoms with Crippen molar-refractivity contribution in [3.63, 3.8) is 0 Å². The van der Waals surface area contributed by atoms with Crippen molar-refractivity contribution in [1.82, 2.24) is 10.3 Å². The van der Waals surface area contributed by atoms with E-state index in [1.807, 2.05) is 18.5 Å². The van der Waals surface area contributed by atoms with Gasteiger partial charge < -0.3 is 5.32 Å². The van der Waals surface area contributed by atoms with Crippen LogP contribution in [0.2, 0.25) is 0 Å². The number of aryl methyl sites for hydroxylation is 1. The Morgan fingerprint density at radius 1 is 1.18 bits per heavy atom. The molecule has 2 nitrogen and oxygen atoms in total. The van der Waals surface area contributed by atoms with Crippen LogP contribution in [0.1, 0.15) is 81.5 Å². The highest BCUT2D eigenvalue weighted by atomic mass is 14.9. The molecule has 2 aliphatic rings. The molecule has 2 aliphatic carbocycles. The fourth-order valence-corrected chi connectivity index (χ4v) is 6.21. The molecule has 0 spiro atoms. The lowest BCUT2D eigenvalue weighted by molar-refractivity contribution is 0.0257. The van der Waals surface area contributed by atoms with E-state index in [0.29, 0.717) is 16.7 Å². The predicted molar refractivity (Wildman–Crippen MR) is 118 cm³/mol. The van der Waals surface area contributed by atoms with Crippen molar-refractivity contribution in [3.8, 4) is 0 Å². The normalized spacial score (nSPS) is 29.4. The van der Waals surface area contributed by atoms with Crippen LogP contribution in [-0.2, 0) is 18.4 Å². The van der Waals surface area contributed by atoms with E-state index in [9.17, 15) is 0 Å². The molecule has 4 rings (SSSR count). The maximum atomic E-state index is 4.25. The summed E-state index contributed by atoms with van der Waals surface area (Å²) in [4.78, 5) is 4.25. The van der Waals surface area contributed by atoms with E-state index in [-0.39, 0.29) is 0 Å². The zero-order chi connectivity index (χ0) is 19.8. The molecule has 2 heteroatoms. The van der Waals surface area contributed by atoms with Crippen LogP contribution >= 0.6 is 0 Å². The van der Waals surface area contributed by atoms with Gasteiger partial charge in [0.25, 0.3) is 0 Å². The summed E-state index contributed by atoms with van der Waals surface area (Å²) in [6, 6.07) is 11.6. The molecule has 150 valence electrons. The third-order valence-electron chi connectivity index (χ3n) is 7.75. The van der Waals surface area contributed by atoms with Gasteiger partial charge in [0.15, 0.2) is 0 Å². The van der Waals surface area contributed by atoms with Crippen molar-refractivity contribution in [2.45, 2.75) is 77.7 Å². The summed E-state index contributed by atoms with van der Waals surface area (Å²) < 4.78 is 0. The van der Waals surface area contributed by atoms with Crippen LogP contribution in [0.3, 0.4) is 0 Å². The highest BCUT2D eigenvalue weighted by Crippen LogP contribution is 2.57. The maximum Gasteiger partial charge on any atom is 0.0312 e. The summed E-state index contributed by atoms with van der Waals surface area (Å²) in [5.41, 5.74) is 6.73. The molecule has 1 saturated carbocycles. The van der Waals surface area contributed by atoms with E-state index in [0.717, 1.165) is 19.0 Å². The lowest BCUT2D eigenvalue weighted by atomic mass is 9.49. The van der Waals surface area contributed by atoms with Crippen LogP contribution in [0.15, 0.2) is 42.7 Å². The molecule has 28 heavy (non-hydrogen) atoms. The molecule has 1 fully saturated rings. The summed E-state index contributed by atoms with van der Waals surface area (Å²) in [6.45, 7) is 11.7. The van der Waals surface area contributed by atoms with Crippen LogP contribution in [0, 0.1) is 11.3 Å². The van der Waals surface area contributed by atoms with Gasteiger partial charge in [-0.25, -0.2) is 0 Å². The van der Waals surface area contributed by atoms with Gasteiger partial charge in [0.2, 0.25) is 0 Å². The Balaban J connectivity index is 1.54. The highest BCUT2D eigenvalue weighted by Gasteiger charge is 2.51. The molecule has 3 atom stereocenters. The SMILES string of the molecule is CC(C)c1ccc2c(c1)CC[C@H]1[C@](C)(CNCc3cccnc3)CCC[C@]21C. The number of benzene rings is 1. The van der Waals surface area contributed by atoms with E-state index < -0.39 is 0 Å². The van der Waals surface area contributed by atoms with Gasteiger partial charge in [-0.3, -0.25) is 4.98 Å². The van der Waals surface area contributed by atoms with Crippen molar-refractivity contribution in [2.75, 3.05) is 6.54 Å². The second-order valence-corrected chi connectivity index (χ2v) is 10.1. The zero-order valence-corrected chi connectivity index (χ0v) is 18.1. The van der Waals surface area contributed by atoms with Gasteiger partial charge in [-0.05, 0) is 76.7 Å². The quantitative estimate of drug-likeness (QED) is 0.692. The van der Waals surface area contributed by atoms with Crippen LogP contribution in [-0.4, -0.2) is 11.5 Å². The number of aromatic nitrogens is 1. The minimum atomic E-state index is 0.325. The van der Waals surface area contributed by atoms with Gasteiger partial charge in [-0.1, -0.05) is 58.4 Å².